The predicted octanol–water partition coefficient (Wildman–Crippen LogP) is 11.6. The van der Waals surface area contributed by atoms with Crippen LogP contribution in [0.3, 0.4) is 0 Å². The van der Waals surface area contributed by atoms with E-state index in [9.17, 15) is 8.78 Å². The minimum Gasteiger partial charge on any atom is -0.418 e. The Bertz CT molecular complexity index is 781. The lowest BCUT2D eigenvalue weighted by Crippen LogP contribution is -2.14. The van der Waals surface area contributed by atoms with Gasteiger partial charge in [0.1, 0.15) is 17.8 Å². The summed E-state index contributed by atoms with van der Waals surface area (Å²) in [5, 5.41) is 0. The van der Waals surface area contributed by atoms with Crippen molar-refractivity contribution in [3.05, 3.63) is 54.1 Å². The molecule has 0 aliphatic heterocycles. The highest BCUT2D eigenvalue weighted by atomic mass is 32.2. The van der Waals surface area contributed by atoms with Gasteiger partial charge in [0, 0.05) is 0 Å². The van der Waals surface area contributed by atoms with Crippen LogP contribution in [0.2, 0.25) is 0 Å². The Hall–Kier alpha value is -0.980. The van der Waals surface area contributed by atoms with Crippen molar-refractivity contribution in [1.29, 1.82) is 0 Å². The number of unbranched alkanes of at least 4 members (excludes halogenated alkanes) is 1. The summed E-state index contributed by atoms with van der Waals surface area (Å²) in [5.74, 6) is 1.93. The smallest absolute Gasteiger partial charge is 0.400 e. The Kier molecular flexibility index (Phi) is 14.6. The van der Waals surface area contributed by atoms with E-state index in [1.165, 1.54) is 56.9 Å². The van der Waals surface area contributed by atoms with Crippen LogP contribution in [0.1, 0.15) is 138 Å². The van der Waals surface area contributed by atoms with Crippen LogP contribution >= 0.6 is 24.1 Å². The second-order valence-electron chi connectivity index (χ2n) is 10.1. The third-order valence-corrected chi connectivity index (χ3v) is 8.71. The molecular formula is C30H46F2O2S2. The molecule has 2 fully saturated rings. The molecule has 0 spiro atoms. The average Bonchev–Trinajstić information content (AvgIpc) is 2.93. The van der Waals surface area contributed by atoms with Crippen molar-refractivity contribution < 1.29 is 17.5 Å². The molecular weight excluding hydrogens is 494 g/mol. The highest BCUT2D eigenvalue weighted by Crippen LogP contribution is 2.49. The fourth-order valence-corrected chi connectivity index (χ4v) is 6.22. The molecule has 0 heterocycles. The number of hydrogen-bond acceptors (Lipinski definition) is 4. The largest absolute Gasteiger partial charge is 0.418 e. The molecule has 1 atom stereocenters. The fraction of sp³-hybridized carbons (Fsp3) is 0.667. The minimum absolute atomic E-state index is 0.0969. The van der Waals surface area contributed by atoms with Crippen LogP contribution in [0.4, 0.5) is 8.78 Å². The average molecular weight is 541 g/mol. The quantitative estimate of drug-likeness (QED) is 0.162. The molecule has 0 amide bonds. The zero-order valence-corrected chi connectivity index (χ0v) is 23.9. The monoisotopic (exact) mass is 540 g/mol. The van der Waals surface area contributed by atoms with Crippen molar-refractivity contribution in [2.45, 2.75) is 126 Å². The second kappa shape index (κ2) is 16.8. The second-order valence-corrected chi connectivity index (χ2v) is 11.9. The molecule has 2 aliphatic carbocycles. The topological polar surface area (TPSA) is 29.5 Å². The number of hydrogen-bond donors (Lipinski definition) is 1. The SMILES string of the molecule is C=CC=C.CCCCC(CC)c1cc(C2CCCCC2)cc(C2CCCCC2)c1OSC(F)(F)SO. The van der Waals surface area contributed by atoms with Gasteiger partial charge in [-0.1, -0.05) is 103 Å². The van der Waals surface area contributed by atoms with E-state index in [0.717, 1.165) is 49.7 Å². The third-order valence-electron chi connectivity index (χ3n) is 7.62. The van der Waals surface area contributed by atoms with Gasteiger partial charge in [-0.25, -0.2) is 0 Å². The maximum atomic E-state index is 14.0. The summed E-state index contributed by atoms with van der Waals surface area (Å²) in [5.41, 5.74) is 3.66. The molecule has 0 aromatic heterocycles. The summed E-state index contributed by atoms with van der Waals surface area (Å²) in [6.45, 7) is 11.1. The molecule has 1 unspecified atom stereocenters. The van der Waals surface area contributed by atoms with Crippen LogP contribution in [0, 0.1) is 0 Å². The lowest BCUT2D eigenvalue weighted by Gasteiger charge is -2.31. The lowest BCUT2D eigenvalue weighted by molar-refractivity contribution is 0.197. The van der Waals surface area contributed by atoms with Gasteiger partial charge in [0.15, 0.2) is 0 Å². The Balaban J connectivity index is 0.00000106. The van der Waals surface area contributed by atoms with Crippen molar-refractivity contribution in [3.8, 4) is 5.75 Å². The van der Waals surface area contributed by atoms with Crippen LogP contribution in [0.25, 0.3) is 0 Å². The normalized spacial score (nSPS) is 18.1. The van der Waals surface area contributed by atoms with Crippen molar-refractivity contribution in [2.24, 2.45) is 0 Å². The van der Waals surface area contributed by atoms with Crippen LogP contribution < -0.4 is 4.18 Å². The first-order valence-corrected chi connectivity index (χ1v) is 15.4. The first-order chi connectivity index (χ1) is 17.4. The number of alkyl halides is 2. The van der Waals surface area contributed by atoms with Gasteiger partial charge in [-0.3, -0.25) is 0 Å². The summed E-state index contributed by atoms with van der Waals surface area (Å²) >= 11 is -0.351. The minimum atomic E-state index is -3.38. The van der Waals surface area contributed by atoms with Crippen LogP contribution in [0.15, 0.2) is 37.4 Å². The van der Waals surface area contributed by atoms with E-state index in [0.29, 0.717) is 23.5 Å². The molecule has 204 valence electrons. The number of benzene rings is 1. The van der Waals surface area contributed by atoms with Gasteiger partial charge in [0.05, 0.1) is 12.0 Å². The molecule has 36 heavy (non-hydrogen) atoms. The summed E-state index contributed by atoms with van der Waals surface area (Å²) in [4.78, 5) is 0. The van der Waals surface area contributed by atoms with Crippen molar-refractivity contribution in [1.82, 2.24) is 0 Å². The first kappa shape index (κ1) is 31.2. The zero-order chi connectivity index (χ0) is 26.4. The van der Waals surface area contributed by atoms with Gasteiger partial charge in [-0.05, 0) is 73.0 Å². The summed E-state index contributed by atoms with van der Waals surface area (Å²) < 4.78 is 39.4. The number of rotatable bonds is 12. The summed E-state index contributed by atoms with van der Waals surface area (Å²) in [6.07, 6.45) is 19.7. The third kappa shape index (κ3) is 9.72. The van der Waals surface area contributed by atoms with Gasteiger partial charge in [-0.15, -0.1) is 0 Å². The molecule has 1 N–H and O–H groups in total. The van der Waals surface area contributed by atoms with E-state index in [4.69, 9.17) is 8.74 Å². The summed E-state index contributed by atoms with van der Waals surface area (Å²) in [6, 6.07) is 4.61. The van der Waals surface area contributed by atoms with Gasteiger partial charge < -0.3 is 8.74 Å². The lowest BCUT2D eigenvalue weighted by atomic mass is 9.76. The molecule has 2 aliphatic rings. The van der Waals surface area contributed by atoms with E-state index in [-0.39, 0.29) is 12.0 Å². The number of halogens is 2. The van der Waals surface area contributed by atoms with Gasteiger partial charge in [0.2, 0.25) is 0 Å². The Morgan fingerprint density at radius 3 is 2.08 bits per heavy atom. The highest BCUT2D eigenvalue weighted by Gasteiger charge is 2.35. The molecule has 0 saturated heterocycles. The van der Waals surface area contributed by atoms with E-state index < -0.39 is 16.6 Å². The van der Waals surface area contributed by atoms with E-state index >= 15 is 0 Å². The van der Waals surface area contributed by atoms with E-state index in [2.05, 4.69) is 39.1 Å². The molecule has 6 heteroatoms. The van der Waals surface area contributed by atoms with Gasteiger partial charge >= 0.3 is 4.59 Å². The maximum absolute atomic E-state index is 14.0. The maximum Gasteiger partial charge on any atom is 0.400 e. The molecule has 2 saturated carbocycles. The van der Waals surface area contributed by atoms with Gasteiger partial charge in [-0.2, -0.15) is 8.78 Å². The Morgan fingerprint density at radius 2 is 1.58 bits per heavy atom. The Morgan fingerprint density at radius 1 is 1.00 bits per heavy atom. The van der Waals surface area contributed by atoms with Gasteiger partial charge in [0.25, 0.3) is 0 Å². The van der Waals surface area contributed by atoms with E-state index in [1.54, 1.807) is 12.2 Å². The Labute approximate surface area is 227 Å². The van der Waals surface area contributed by atoms with Crippen LogP contribution in [-0.4, -0.2) is 9.14 Å². The highest BCUT2D eigenvalue weighted by molar-refractivity contribution is 8.13. The molecule has 0 bridgehead atoms. The van der Waals surface area contributed by atoms with Crippen molar-refractivity contribution in [2.75, 3.05) is 0 Å². The van der Waals surface area contributed by atoms with Crippen molar-refractivity contribution in [3.63, 3.8) is 0 Å². The zero-order valence-electron chi connectivity index (χ0n) is 22.3. The molecule has 1 aromatic rings. The molecule has 0 radical (unpaired) electrons. The molecule has 3 rings (SSSR count). The predicted molar refractivity (Wildman–Crippen MR) is 154 cm³/mol. The van der Waals surface area contributed by atoms with E-state index in [1.807, 2.05) is 0 Å². The first-order valence-electron chi connectivity index (χ1n) is 13.9. The standard InChI is InChI=1S/C26H40F2O2S2.C4H6/c1-3-5-12-19(4-2)23-17-22(20-13-8-6-9-14-20)18-24(21-15-10-7-11-16-21)25(23)30-32-26(27,28)31-29;1-3-4-2/h17-21,29H,3-16H2,1-2H3;3-4H,1-2H2. The molecule has 1 aromatic carbocycles. The van der Waals surface area contributed by atoms with Crippen LogP contribution in [-0.2, 0) is 0 Å². The van der Waals surface area contributed by atoms with Crippen LogP contribution in [0.5, 0.6) is 5.75 Å². The number of allylic oxidation sites excluding steroid dienone is 2. The van der Waals surface area contributed by atoms with Crippen molar-refractivity contribution >= 4 is 24.1 Å². The molecule has 2 nitrogen and oxygen atoms in total. The summed E-state index contributed by atoms with van der Waals surface area (Å²) in [7, 11) is 0. The fourth-order valence-electron chi connectivity index (χ4n) is 5.62.